The molecule has 2 aromatic rings. The van der Waals surface area contributed by atoms with Gasteiger partial charge < -0.3 is 4.90 Å². The Balaban J connectivity index is 2.06. The summed E-state index contributed by atoms with van der Waals surface area (Å²) in [6.07, 6.45) is 0. The lowest BCUT2D eigenvalue weighted by molar-refractivity contribution is -0.112. The van der Waals surface area contributed by atoms with E-state index in [0.29, 0.717) is 16.8 Å². The number of nitrogens with one attached hydrogen (secondary N) is 1. The van der Waals surface area contributed by atoms with Gasteiger partial charge in [-0.05, 0) is 69.2 Å². The van der Waals surface area contributed by atoms with Crippen LogP contribution in [0.4, 0.5) is 11.4 Å². The van der Waals surface area contributed by atoms with Crippen molar-refractivity contribution in [2.45, 2.75) is 32.6 Å². The molecule has 0 aliphatic carbocycles. The minimum Gasteiger partial charge on any atom is -0.311 e. The van der Waals surface area contributed by atoms with Gasteiger partial charge in [0.15, 0.2) is 0 Å². The molecule has 136 valence electrons. The maximum Gasteiger partial charge on any atom is 0.261 e. The summed E-state index contributed by atoms with van der Waals surface area (Å²) in [5.74, 6) is -0.114. The average molecular weight is 370 g/mol. The fraction of sp³-hybridized carbons (Fsp3) is 0.250. The molecule has 1 amide bonds. The molecule has 26 heavy (non-hydrogen) atoms. The Morgan fingerprint density at radius 3 is 2.19 bits per heavy atom. The van der Waals surface area contributed by atoms with Crippen LogP contribution in [-0.4, -0.2) is 21.4 Å². The third-order valence-corrected chi connectivity index (χ3v) is 5.78. The van der Waals surface area contributed by atoms with E-state index in [0.717, 1.165) is 22.4 Å². The highest BCUT2D eigenvalue weighted by molar-refractivity contribution is 7.92. The molecule has 0 radical (unpaired) electrons. The number of likely N-dealkylation sites (N-methyl/N-ethyl adjacent to an activating group) is 1. The molecule has 0 atom stereocenters. The van der Waals surface area contributed by atoms with E-state index in [1.165, 1.54) is 6.07 Å². The number of benzene rings is 2. The lowest BCUT2D eigenvalue weighted by Crippen LogP contribution is -2.20. The zero-order valence-corrected chi connectivity index (χ0v) is 16.4. The molecule has 0 unspecified atom stereocenters. The number of sulfonamides is 1. The second-order valence-electron chi connectivity index (χ2n) is 6.90. The van der Waals surface area contributed by atoms with Crippen molar-refractivity contribution < 1.29 is 13.2 Å². The molecule has 0 aromatic heterocycles. The van der Waals surface area contributed by atoms with Crippen LogP contribution in [0.15, 0.2) is 46.9 Å². The van der Waals surface area contributed by atoms with Crippen molar-refractivity contribution in [2.24, 2.45) is 0 Å². The average Bonchev–Trinajstić information content (AvgIpc) is 2.77. The van der Waals surface area contributed by atoms with Gasteiger partial charge in [-0.25, -0.2) is 8.42 Å². The first kappa shape index (κ1) is 18.2. The van der Waals surface area contributed by atoms with E-state index in [4.69, 9.17) is 0 Å². The fourth-order valence-corrected chi connectivity index (χ4v) is 4.36. The highest BCUT2D eigenvalue weighted by Crippen LogP contribution is 2.38. The number of hydrogen-bond donors (Lipinski definition) is 1. The second-order valence-corrected chi connectivity index (χ2v) is 8.58. The van der Waals surface area contributed by atoms with Crippen molar-refractivity contribution in [1.29, 1.82) is 0 Å². The van der Waals surface area contributed by atoms with Crippen LogP contribution in [0.2, 0.25) is 0 Å². The molecular weight excluding hydrogens is 348 g/mol. The van der Waals surface area contributed by atoms with Gasteiger partial charge >= 0.3 is 0 Å². The van der Waals surface area contributed by atoms with E-state index in [2.05, 4.69) is 4.72 Å². The first-order valence-electron chi connectivity index (χ1n) is 8.31. The summed E-state index contributed by atoms with van der Waals surface area (Å²) in [4.78, 5) is 14.1. The third kappa shape index (κ3) is 3.12. The topological polar surface area (TPSA) is 66.5 Å². The first-order valence-corrected chi connectivity index (χ1v) is 9.79. The number of rotatable bonds is 3. The molecule has 1 aliphatic rings. The molecule has 1 heterocycles. The van der Waals surface area contributed by atoms with Crippen molar-refractivity contribution in [1.82, 2.24) is 0 Å². The number of fused-ring (bicyclic) bond motifs is 1. The lowest BCUT2D eigenvalue weighted by Gasteiger charge is -2.12. The molecule has 3 rings (SSSR count). The summed E-state index contributed by atoms with van der Waals surface area (Å²) in [5.41, 5.74) is 5.28. The van der Waals surface area contributed by atoms with Gasteiger partial charge in [0.05, 0.1) is 10.6 Å². The number of hydrogen-bond acceptors (Lipinski definition) is 3. The Morgan fingerprint density at radius 1 is 1.00 bits per heavy atom. The maximum absolute atomic E-state index is 12.8. The van der Waals surface area contributed by atoms with Crippen molar-refractivity contribution in [3.05, 3.63) is 58.7 Å². The van der Waals surface area contributed by atoms with Crippen LogP contribution in [0, 0.1) is 13.8 Å². The van der Waals surface area contributed by atoms with Crippen LogP contribution in [-0.2, 0) is 14.8 Å². The highest BCUT2D eigenvalue weighted by atomic mass is 32.2. The summed E-state index contributed by atoms with van der Waals surface area (Å²) in [6.45, 7) is 7.54. The van der Waals surface area contributed by atoms with Gasteiger partial charge in [0.1, 0.15) is 0 Å². The Bertz CT molecular complexity index is 1030. The van der Waals surface area contributed by atoms with Crippen LogP contribution < -0.4 is 9.62 Å². The number of carbonyl (C=O) groups excluding carboxylic acids is 1. The van der Waals surface area contributed by atoms with Crippen molar-refractivity contribution in [3.8, 4) is 0 Å². The number of aryl methyl sites for hydroxylation is 2. The summed E-state index contributed by atoms with van der Waals surface area (Å²) in [5, 5.41) is 0. The molecule has 0 spiro atoms. The van der Waals surface area contributed by atoms with Crippen LogP contribution in [0.1, 0.15) is 30.5 Å². The summed E-state index contributed by atoms with van der Waals surface area (Å²) in [6, 6.07) is 10.3. The molecular formula is C20H22N2O3S. The molecule has 2 aromatic carbocycles. The summed E-state index contributed by atoms with van der Waals surface area (Å²) in [7, 11) is -2.06. The smallest absolute Gasteiger partial charge is 0.261 e. The molecule has 6 heteroatoms. The summed E-state index contributed by atoms with van der Waals surface area (Å²) < 4.78 is 28.3. The number of carbonyl (C=O) groups is 1. The molecule has 1 aliphatic heterocycles. The fourth-order valence-electron chi connectivity index (χ4n) is 3.30. The number of anilines is 2. The van der Waals surface area contributed by atoms with Gasteiger partial charge in [-0.1, -0.05) is 11.6 Å². The Morgan fingerprint density at radius 2 is 1.62 bits per heavy atom. The van der Waals surface area contributed by atoms with Crippen LogP contribution >= 0.6 is 0 Å². The lowest BCUT2D eigenvalue weighted by atomic mass is 10.0. The van der Waals surface area contributed by atoms with Gasteiger partial charge in [-0.2, -0.15) is 0 Å². The third-order valence-electron chi connectivity index (χ3n) is 4.40. The number of allylic oxidation sites excluding steroid dienone is 1. The van der Waals surface area contributed by atoms with Crippen LogP contribution in [0.25, 0.3) is 5.57 Å². The second kappa shape index (κ2) is 6.29. The monoisotopic (exact) mass is 370 g/mol. The standard InChI is InChI=1S/C20H22N2O3S/c1-12(2)19-17-11-16(6-7-18(17)22(5)20(19)23)26(24,25)21-15-9-13(3)8-14(4)10-15/h6-11,21H,1-5H3. The van der Waals surface area contributed by atoms with E-state index in [1.54, 1.807) is 36.2 Å². The van der Waals surface area contributed by atoms with Crippen LogP contribution in [0.3, 0.4) is 0 Å². The van der Waals surface area contributed by atoms with Crippen molar-refractivity contribution in [2.75, 3.05) is 16.7 Å². The Labute approximate surface area is 154 Å². The van der Waals surface area contributed by atoms with Gasteiger partial charge in [0.25, 0.3) is 15.9 Å². The Kier molecular flexibility index (Phi) is 4.40. The zero-order chi connectivity index (χ0) is 19.2. The molecule has 0 saturated heterocycles. The van der Waals surface area contributed by atoms with Gasteiger partial charge in [0.2, 0.25) is 0 Å². The molecule has 5 nitrogen and oxygen atoms in total. The van der Waals surface area contributed by atoms with Crippen LogP contribution in [0.5, 0.6) is 0 Å². The first-order chi connectivity index (χ1) is 12.1. The van der Waals surface area contributed by atoms with Crippen molar-refractivity contribution >= 4 is 32.9 Å². The van der Waals surface area contributed by atoms with E-state index >= 15 is 0 Å². The SMILES string of the molecule is CC(C)=C1C(=O)N(C)c2ccc(S(=O)(=O)Nc3cc(C)cc(C)c3)cc21. The van der Waals surface area contributed by atoms with E-state index in [-0.39, 0.29) is 10.8 Å². The largest absolute Gasteiger partial charge is 0.311 e. The minimum atomic E-state index is -3.75. The van der Waals surface area contributed by atoms with E-state index in [9.17, 15) is 13.2 Å². The number of nitrogens with zero attached hydrogens (tertiary/aromatic N) is 1. The Hall–Kier alpha value is -2.60. The maximum atomic E-state index is 12.8. The predicted octanol–water partition coefficient (Wildman–Crippen LogP) is 3.87. The minimum absolute atomic E-state index is 0.114. The van der Waals surface area contributed by atoms with E-state index < -0.39 is 10.0 Å². The molecule has 0 saturated carbocycles. The highest BCUT2D eigenvalue weighted by Gasteiger charge is 2.32. The van der Waals surface area contributed by atoms with Gasteiger partial charge in [-0.3, -0.25) is 9.52 Å². The van der Waals surface area contributed by atoms with E-state index in [1.807, 2.05) is 33.8 Å². The normalized spacial score (nSPS) is 13.8. The molecule has 0 fully saturated rings. The molecule has 0 bridgehead atoms. The molecule has 1 N–H and O–H groups in total. The van der Waals surface area contributed by atoms with Gasteiger partial charge in [0, 0.05) is 23.9 Å². The number of amides is 1. The quantitative estimate of drug-likeness (QED) is 0.834. The van der Waals surface area contributed by atoms with Crippen molar-refractivity contribution in [3.63, 3.8) is 0 Å². The van der Waals surface area contributed by atoms with Gasteiger partial charge in [-0.15, -0.1) is 0 Å². The zero-order valence-electron chi connectivity index (χ0n) is 15.5. The predicted molar refractivity (Wildman–Crippen MR) is 105 cm³/mol. The summed E-state index contributed by atoms with van der Waals surface area (Å²) >= 11 is 0.